The van der Waals surface area contributed by atoms with E-state index in [-0.39, 0.29) is 11.8 Å². The maximum absolute atomic E-state index is 12.2. The fourth-order valence-corrected chi connectivity index (χ4v) is 3.25. The molecule has 1 unspecified atom stereocenters. The van der Waals surface area contributed by atoms with Crippen molar-refractivity contribution in [3.05, 3.63) is 56.7 Å². The fraction of sp³-hybridized carbons (Fsp3) is 0.214. The Morgan fingerprint density at radius 1 is 1.26 bits per heavy atom. The van der Waals surface area contributed by atoms with Gasteiger partial charge in [0.1, 0.15) is 0 Å². The molecule has 0 aliphatic rings. The zero-order chi connectivity index (χ0) is 13.7. The molecule has 0 aliphatic heterocycles. The topological polar surface area (TPSA) is 55.1 Å². The maximum atomic E-state index is 12.2. The second kappa shape index (κ2) is 6.84. The number of nitrogens with two attached hydrogens (primary N) is 1. The molecule has 2 aromatic rings. The summed E-state index contributed by atoms with van der Waals surface area (Å²) in [6.07, 6.45) is 0. The molecule has 2 rings (SSSR count). The summed E-state index contributed by atoms with van der Waals surface area (Å²) in [6, 6.07) is 13.6. The minimum Gasteiger partial charge on any atom is -0.351 e. The number of hydrogen-bond acceptors (Lipinski definition) is 3. The molecule has 0 fully saturated rings. The van der Waals surface area contributed by atoms with Gasteiger partial charge in [0.2, 0.25) is 5.91 Å². The Bertz CT molecular complexity index is 541. The molecule has 0 saturated heterocycles. The van der Waals surface area contributed by atoms with E-state index in [1.807, 2.05) is 42.5 Å². The van der Waals surface area contributed by atoms with Crippen LogP contribution in [0.25, 0.3) is 0 Å². The molecule has 0 bridgehead atoms. The highest BCUT2D eigenvalue weighted by Gasteiger charge is 2.18. The lowest BCUT2D eigenvalue weighted by Crippen LogP contribution is -2.32. The van der Waals surface area contributed by atoms with Gasteiger partial charge < -0.3 is 11.1 Å². The van der Waals surface area contributed by atoms with Crippen LogP contribution in [0.15, 0.2) is 46.3 Å². The molecule has 100 valence electrons. The number of benzene rings is 1. The second-order valence-electron chi connectivity index (χ2n) is 4.12. The smallest absolute Gasteiger partial charge is 0.229 e. The van der Waals surface area contributed by atoms with Gasteiger partial charge in [0, 0.05) is 11.4 Å². The highest BCUT2D eigenvalue weighted by atomic mass is 79.9. The summed E-state index contributed by atoms with van der Waals surface area (Å²) in [5, 5.41) is 2.93. The molecule has 0 radical (unpaired) electrons. The lowest BCUT2D eigenvalue weighted by atomic mass is 9.98. The molecule has 1 amide bonds. The molecule has 19 heavy (non-hydrogen) atoms. The fourth-order valence-electron chi connectivity index (χ4n) is 1.82. The summed E-state index contributed by atoms with van der Waals surface area (Å²) >= 11 is 5.02. The molecule has 3 nitrogen and oxygen atoms in total. The number of rotatable bonds is 5. The van der Waals surface area contributed by atoms with Gasteiger partial charge in [0.25, 0.3) is 0 Å². The first kappa shape index (κ1) is 14.2. The SMILES string of the molecule is NCC(C(=O)NCc1ccc(Br)s1)c1ccccc1. The van der Waals surface area contributed by atoms with Crippen LogP contribution in [0, 0.1) is 0 Å². The van der Waals surface area contributed by atoms with E-state index in [2.05, 4.69) is 21.2 Å². The van der Waals surface area contributed by atoms with E-state index in [0.29, 0.717) is 13.1 Å². The number of carbonyl (C=O) groups excluding carboxylic acids is 1. The van der Waals surface area contributed by atoms with E-state index in [1.54, 1.807) is 11.3 Å². The van der Waals surface area contributed by atoms with Crippen LogP contribution in [0.4, 0.5) is 0 Å². The average Bonchev–Trinajstić information content (AvgIpc) is 2.84. The van der Waals surface area contributed by atoms with Crippen molar-refractivity contribution in [2.75, 3.05) is 6.54 Å². The summed E-state index contributed by atoms with van der Waals surface area (Å²) in [6.45, 7) is 0.850. The molecular formula is C14H15BrN2OS. The Balaban J connectivity index is 1.98. The molecule has 1 heterocycles. The summed E-state index contributed by atoms with van der Waals surface area (Å²) in [4.78, 5) is 13.3. The van der Waals surface area contributed by atoms with Crippen molar-refractivity contribution < 1.29 is 4.79 Å². The predicted octanol–water partition coefficient (Wildman–Crippen LogP) is 2.87. The van der Waals surface area contributed by atoms with Crippen LogP contribution in [0.5, 0.6) is 0 Å². The van der Waals surface area contributed by atoms with Gasteiger partial charge in [-0.1, -0.05) is 30.3 Å². The first-order chi connectivity index (χ1) is 9.20. The minimum atomic E-state index is -0.287. The Morgan fingerprint density at radius 2 is 2.00 bits per heavy atom. The van der Waals surface area contributed by atoms with Gasteiger partial charge in [-0.25, -0.2) is 0 Å². The van der Waals surface area contributed by atoms with Crippen molar-refractivity contribution >= 4 is 33.2 Å². The van der Waals surface area contributed by atoms with E-state index in [1.165, 1.54) is 0 Å². The van der Waals surface area contributed by atoms with Crippen LogP contribution in [0.1, 0.15) is 16.4 Å². The molecule has 1 atom stereocenters. The summed E-state index contributed by atoms with van der Waals surface area (Å²) in [5.74, 6) is -0.317. The van der Waals surface area contributed by atoms with E-state index in [4.69, 9.17) is 5.73 Å². The highest BCUT2D eigenvalue weighted by Crippen LogP contribution is 2.22. The predicted molar refractivity (Wildman–Crippen MR) is 82.1 cm³/mol. The molecule has 3 N–H and O–H groups in total. The van der Waals surface area contributed by atoms with Gasteiger partial charge in [-0.3, -0.25) is 4.79 Å². The number of amides is 1. The third-order valence-corrected chi connectivity index (χ3v) is 4.44. The third kappa shape index (κ3) is 3.89. The van der Waals surface area contributed by atoms with Gasteiger partial charge in [-0.05, 0) is 33.6 Å². The number of nitrogens with one attached hydrogen (secondary N) is 1. The van der Waals surface area contributed by atoms with Crippen LogP contribution in [-0.4, -0.2) is 12.5 Å². The Hall–Kier alpha value is -1.17. The van der Waals surface area contributed by atoms with Crippen LogP contribution in [0.3, 0.4) is 0 Å². The van der Waals surface area contributed by atoms with Crippen LogP contribution < -0.4 is 11.1 Å². The number of carbonyl (C=O) groups is 1. The Morgan fingerprint density at radius 3 is 2.58 bits per heavy atom. The number of hydrogen-bond donors (Lipinski definition) is 2. The minimum absolute atomic E-state index is 0.0294. The first-order valence-corrected chi connectivity index (χ1v) is 7.58. The van der Waals surface area contributed by atoms with Crippen molar-refractivity contribution in [2.24, 2.45) is 5.73 Å². The van der Waals surface area contributed by atoms with E-state index >= 15 is 0 Å². The quantitative estimate of drug-likeness (QED) is 0.880. The molecular weight excluding hydrogens is 324 g/mol. The summed E-state index contributed by atoms with van der Waals surface area (Å²) < 4.78 is 1.06. The van der Waals surface area contributed by atoms with E-state index in [9.17, 15) is 4.79 Å². The molecule has 1 aromatic carbocycles. The van der Waals surface area contributed by atoms with Crippen molar-refractivity contribution in [3.63, 3.8) is 0 Å². The number of halogens is 1. The molecule has 0 saturated carbocycles. The van der Waals surface area contributed by atoms with Crippen molar-refractivity contribution in [1.29, 1.82) is 0 Å². The Kier molecular flexibility index (Phi) is 5.13. The molecule has 0 aliphatic carbocycles. The summed E-state index contributed by atoms with van der Waals surface area (Å²) in [7, 11) is 0. The normalized spacial score (nSPS) is 12.1. The molecule has 5 heteroatoms. The van der Waals surface area contributed by atoms with Crippen LogP contribution in [0.2, 0.25) is 0 Å². The zero-order valence-electron chi connectivity index (χ0n) is 10.3. The highest BCUT2D eigenvalue weighted by molar-refractivity contribution is 9.11. The molecule has 1 aromatic heterocycles. The van der Waals surface area contributed by atoms with E-state index < -0.39 is 0 Å². The van der Waals surface area contributed by atoms with Gasteiger partial charge in [0.15, 0.2) is 0 Å². The zero-order valence-corrected chi connectivity index (χ0v) is 12.7. The van der Waals surface area contributed by atoms with Crippen LogP contribution in [-0.2, 0) is 11.3 Å². The largest absolute Gasteiger partial charge is 0.351 e. The average molecular weight is 339 g/mol. The third-order valence-electron chi connectivity index (χ3n) is 2.82. The lowest BCUT2D eigenvalue weighted by Gasteiger charge is -2.14. The van der Waals surface area contributed by atoms with Crippen molar-refractivity contribution in [3.8, 4) is 0 Å². The maximum Gasteiger partial charge on any atom is 0.229 e. The summed E-state index contributed by atoms with van der Waals surface area (Å²) in [5.41, 5.74) is 6.67. The van der Waals surface area contributed by atoms with Crippen molar-refractivity contribution in [1.82, 2.24) is 5.32 Å². The van der Waals surface area contributed by atoms with Crippen molar-refractivity contribution in [2.45, 2.75) is 12.5 Å². The van der Waals surface area contributed by atoms with Gasteiger partial charge in [-0.2, -0.15) is 0 Å². The molecule has 0 spiro atoms. The Labute approximate surface area is 125 Å². The van der Waals surface area contributed by atoms with Crippen LogP contribution >= 0.6 is 27.3 Å². The van der Waals surface area contributed by atoms with Gasteiger partial charge in [0.05, 0.1) is 16.2 Å². The standard InChI is InChI=1S/C14H15BrN2OS/c15-13-7-6-11(19-13)9-17-14(18)12(8-16)10-4-2-1-3-5-10/h1-7,12H,8-9,16H2,(H,17,18). The lowest BCUT2D eigenvalue weighted by molar-refractivity contribution is -0.122. The van der Waals surface area contributed by atoms with Gasteiger partial charge in [-0.15, -0.1) is 11.3 Å². The second-order valence-corrected chi connectivity index (χ2v) is 6.67. The first-order valence-electron chi connectivity index (χ1n) is 5.97. The number of thiophene rings is 1. The van der Waals surface area contributed by atoms with Gasteiger partial charge >= 0.3 is 0 Å². The van der Waals surface area contributed by atoms with E-state index in [0.717, 1.165) is 14.2 Å². The monoisotopic (exact) mass is 338 g/mol.